The molecule has 3 aliphatic heterocycles. The van der Waals surface area contributed by atoms with Crippen LogP contribution in [-0.2, 0) is 28.7 Å². The van der Waals surface area contributed by atoms with Crippen LogP contribution >= 0.6 is 0 Å². The third-order valence-corrected chi connectivity index (χ3v) is 10.8. The van der Waals surface area contributed by atoms with Gasteiger partial charge in [-0.25, -0.2) is 0 Å². The summed E-state index contributed by atoms with van der Waals surface area (Å²) in [5.41, 5.74) is 1.97. The monoisotopic (exact) mass is 685 g/mol. The summed E-state index contributed by atoms with van der Waals surface area (Å²) in [6.07, 6.45) is 4.19. The van der Waals surface area contributed by atoms with E-state index in [1.165, 1.54) is 4.90 Å². The van der Waals surface area contributed by atoms with E-state index in [2.05, 4.69) is 18.5 Å². The van der Waals surface area contributed by atoms with Crippen molar-refractivity contribution in [2.75, 3.05) is 24.6 Å². The Morgan fingerprint density at radius 2 is 1.90 bits per heavy atom. The molecule has 0 unspecified atom stereocenters. The van der Waals surface area contributed by atoms with Gasteiger partial charge in [-0.15, -0.1) is 13.2 Å². The lowest BCUT2D eigenvalue weighted by atomic mass is 9.70. The maximum Gasteiger partial charge on any atom is 0.313 e. The highest BCUT2D eigenvalue weighted by molar-refractivity contribution is 6.05. The van der Waals surface area contributed by atoms with Gasteiger partial charge in [-0.3, -0.25) is 19.2 Å². The largest absolute Gasteiger partial charge is 0.455 e. The van der Waals surface area contributed by atoms with E-state index in [0.29, 0.717) is 36.9 Å². The van der Waals surface area contributed by atoms with Crippen molar-refractivity contribution in [3.63, 3.8) is 0 Å². The number of hydrogen-bond acceptors (Lipinski definition) is 7. The molecule has 50 heavy (non-hydrogen) atoms. The van der Waals surface area contributed by atoms with Gasteiger partial charge in [0.1, 0.15) is 17.7 Å². The summed E-state index contributed by atoms with van der Waals surface area (Å²) >= 11 is 0. The molecule has 5 rings (SSSR count). The maximum absolute atomic E-state index is 15.0. The predicted octanol–water partition coefficient (Wildman–Crippen LogP) is 4.97. The van der Waals surface area contributed by atoms with Gasteiger partial charge in [0.2, 0.25) is 11.8 Å². The Balaban J connectivity index is 1.53. The predicted molar refractivity (Wildman–Crippen MR) is 191 cm³/mol. The van der Waals surface area contributed by atoms with Crippen molar-refractivity contribution >= 4 is 29.4 Å². The molecule has 3 amide bonds. The van der Waals surface area contributed by atoms with E-state index < -0.39 is 47.7 Å². The molecule has 2 aromatic carbocycles. The standard InChI is InChI=1S/C40H51N3O7/c1-7-10-16-33(45)41-23-32(28-14-12-11-13-15-28)49-39(48)34-31-19-20-40(50-31)35(34)37(46)43(30(24-44)26(5)9-3)36(40)38(47)42(21-8-2)29-22-25(4)17-18-27(29)6/h7-8,11-15,17-18,22,26,30-32,34-36,44H,1-2,9-10,16,19-21,23-24H2,3-6H3,(H,41,45)/t26-,30-,31-,32+,34+,35+,36-,40+/m0/s1. The Bertz CT molecular complexity index is 1590. The summed E-state index contributed by atoms with van der Waals surface area (Å²) in [4.78, 5) is 59.8. The Kier molecular flexibility index (Phi) is 11.6. The van der Waals surface area contributed by atoms with E-state index in [1.807, 2.05) is 76.2 Å². The Hall–Kier alpha value is -4.28. The van der Waals surface area contributed by atoms with Gasteiger partial charge in [0.05, 0.1) is 37.1 Å². The Labute approximate surface area is 295 Å². The van der Waals surface area contributed by atoms with Gasteiger partial charge in [0.15, 0.2) is 0 Å². The first-order valence-corrected chi connectivity index (χ1v) is 17.8. The fraction of sp³-hybridized carbons (Fsp3) is 0.500. The quantitative estimate of drug-likeness (QED) is 0.189. The van der Waals surface area contributed by atoms with Gasteiger partial charge in [0.25, 0.3) is 5.91 Å². The number of aryl methyl sites for hydroxylation is 2. The van der Waals surface area contributed by atoms with Crippen molar-refractivity contribution in [3.05, 3.63) is 90.5 Å². The first kappa shape index (κ1) is 37.0. The summed E-state index contributed by atoms with van der Waals surface area (Å²) in [5.74, 6) is -3.63. The van der Waals surface area contributed by atoms with Gasteiger partial charge >= 0.3 is 5.97 Å². The number of anilines is 1. The molecule has 268 valence electrons. The zero-order valence-electron chi connectivity index (χ0n) is 29.7. The van der Waals surface area contributed by atoms with Crippen LogP contribution in [0.25, 0.3) is 0 Å². The van der Waals surface area contributed by atoms with Crippen LogP contribution in [-0.4, -0.2) is 77.2 Å². The van der Waals surface area contributed by atoms with Gasteiger partial charge in [-0.1, -0.05) is 74.9 Å². The average molecular weight is 686 g/mol. The van der Waals surface area contributed by atoms with E-state index in [0.717, 1.165) is 11.1 Å². The topological polar surface area (TPSA) is 125 Å². The molecule has 8 atom stereocenters. The molecule has 2 bridgehead atoms. The molecular formula is C40H51N3O7. The number of carbonyl (C=O) groups is 4. The van der Waals surface area contributed by atoms with Gasteiger partial charge in [0, 0.05) is 18.7 Å². The van der Waals surface area contributed by atoms with E-state index in [1.54, 1.807) is 17.1 Å². The number of nitrogens with one attached hydrogen (secondary N) is 1. The number of nitrogens with zero attached hydrogens (tertiary/aromatic N) is 2. The van der Waals surface area contributed by atoms with Crippen LogP contribution in [0.4, 0.5) is 5.69 Å². The van der Waals surface area contributed by atoms with Crippen molar-refractivity contribution in [2.24, 2.45) is 17.8 Å². The number of rotatable bonds is 16. The molecule has 0 saturated carbocycles. The molecule has 10 nitrogen and oxygen atoms in total. The number of amides is 3. The third kappa shape index (κ3) is 6.88. The highest BCUT2D eigenvalue weighted by Gasteiger charge is 2.76. The van der Waals surface area contributed by atoms with Gasteiger partial charge < -0.3 is 29.7 Å². The van der Waals surface area contributed by atoms with Crippen LogP contribution in [0.15, 0.2) is 73.8 Å². The van der Waals surface area contributed by atoms with Gasteiger partial charge in [-0.05, 0) is 61.8 Å². The molecule has 3 saturated heterocycles. The zero-order valence-corrected chi connectivity index (χ0v) is 29.7. The third-order valence-electron chi connectivity index (χ3n) is 10.8. The molecule has 3 aliphatic rings. The summed E-state index contributed by atoms with van der Waals surface area (Å²) in [6.45, 7) is 15.3. The van der Waals surface area contributed by atoms with Crippen LogP contribution in [0.5, 0.6) is 0 Å². The molecule has 3 heterocycles. The number of allylic oxidation sites excluding steroid dienone is 1. The van der Waals surface area contributed by atoms with Gasteiger partial charge in [-0.2, -0.15) is 0 Å². The number of hydrogen-bond donors (Lipinski definition) is 2. The van der Waals surface area contributed by atoms with E-state index in [4.69, 9.17) is 9.47 Å². The summed E-state index contributed by atoms with van der Waals surface area (Å²) in [5, 5.41) is 13.6. The molecule has 0 radical (unpaired) electrons. The maximum atomic E-state index is 15.0. The van der Waals surface area contributed by atoms with Crippen molar-refractivity contribution in [2.45, 2.75) is 89.7 Å². The minimum absolute atomic E-state index is 0.0495. The second kappa shape index (κ2) is 15.7. The number of carbonyl (C=O) groups excluding carboxylic acids is 4. The normalized spacial score (nSPS) is 25.4. The van der Waals surface area contributed by atoms with E-state index in [-0.39, 0.29) is 49.8 Å². The molecule has 1 spiro atoms. The highest BCUT2D eigenvalue weighted by Crippen LogP contribution is 2.59. The number of aliphatic hydroxyl groups excluding tert-OH is 1. The van der Waals surface area contributed by atoms with E-state index >= 15 is 4.79 Å². The van der Waals surface area contributed by atoms with Crippen LogP contribution in [0.3, 0.4) is 0 Å². The minimum Gasteiger partial charge on any atom is -0.455 e. The first-order valence-electron chi connectivity index (χ1n) is 17.8. The minimum atomic E-state index is -1.29. The zero-order chi connectivity index (χ0) is 36.2. The number of ether oxygens (including phenoxy) is 2. The number of benzene rings is 2. The number of likely N-dealkylation sites (tertiary alicyclic amines) is 1. The SMILES string of the molecule is C=CCCC(=O)NC[C@@H](OC(=O)[C@@H]1[C@@H]2CC[C@]3(O2)[C@H](C(=O)N(CC=C)c2cc(C)ccc2C)N([C@@H](CO)[C@@H](C)CC)C(=O)[C@@H]13)c1ccccc1. The van der Waals surface area contributed by atoms with Crippen molar-refractivity contribution in [3.8, 4) is 0 Å². The Morgan fingerprint density at radius 3 is 2.56 bits per heavy atom. The van der Waals surface area contributed by atoms with Crippen molar-refractivity contribution < 1.29 is 33.8 Å². The fourth-order valence-corrected chi connectivity index (χ4v) is 8.05. The van der Waals surface area contributed by atoms with Crippen LogP contribution in [0.2, 0.25) is 0 Å². The number of aliphatic hydroxyl groups is 1. The smallest absolute Gasteiger partial charge is 0.313 e. The molecule has 10 heteroatoms. The lowest BCUT2D eigenvalue weighted by molar-refractivity contribution is -0.161. The highest BCUT2D eigenvalue weighted by atomic mass is 16.6. The van der Waals surface area contributed by atoms with Crippen LogP contribution in [0.1, 0.15) is 68.7 Å². The lowest BCUT2D eigenvalue weighted by Gasteiger charge is -2.41. The van der Waals surface area contributed by atoms with Crippen molar-refractivity contribution in [1.82, 2.24) is 10.2 Å². The number of fused-ring (bicyclic) bond motifs is 1. The summed E-state index contributed by atoms with van der Waals surface area (Å²) in [6, 6.07) is 13.3. The molecule has 2 aromatic rings. The summed E-state index contributed by atoms with van der Waals surface area (Å²) in [7, 11) is 0. The molecular weight excluding hydrogens is 634 g/mol. The number of esters is 1. The molecule has 3 fully saturated rings. The second-order valence-corrected chi connectivity index (χ2v) is 13.9. The van der Waals surface area contributed by atoms with Crippen LogP contribution < -0.4 is 10.2 Å². The first-order chi connectivity index (χ1) is 24.0. The average Bonchev–Trinajstić information content (AvgIpc) is 3.77. The van der Waals surface area contributed by atoms with E-state index in [9.17, 15) is 19.5 Å². The fourth-order valence-electron chi connectivity index (χ4n) is 8.05. The van der Waals surface area contributed by atoms with Crippen LogP contribution in [0, 0.1) is 31.6 Å². The Morgan fingerprint density at radius 1 is 1.16 bits per heavy atom. The van der Waals surface area contributed by atoms with Crippen molar-refractivity contribution in [1.29, 1.82) is 0 Å². The molecule has 0 aliphatic carbocycles. The second-order valence-electron chi connectivity index (χ2n) is 13.9. The lowest BCUT2D eigenvalue weighted by Crippen LogP contribution is -2.60. The summed E-state index contributed by atoms with van der Waals surface area (Å²) < 4.78 is 12.9. The molecule has 0 aromatic heterocycles. The molecule has 2 N–H and O–H groups in total.